The largest absolute Gasteiger partial charge is 0.369 e. The van der Waals surface area contributed by atoms with Gasteiger partial charge in [0.1, 0.15) is 5.82 Å². The summed E-state index contributed by atoms with van der Waals surface area (Å²) in [5, 5.41) is 9.26. The zero-order valence-electron chi connectivity index (χ0n) is 10.0. The zero-order chi connectivity index (χ0) is 12.7. The lowest BCUT2D eigenvalue weighted by molar-refractivity contribution is 0.832. The summed E-state index contributed by atoms with van der Waals surface area (Å²) in [7, 11) is 0. The van der Waals surface area contributed by atoms with Crippen LogP contribution in [-0.4, -0.2) is 16.3 Å². The van der Waals surface area contributed by atoms with E-state index in [1.165, 1.54) is 5.56 Å². The third kappa shape index (κ3) is 1.88. The fraction of sp³-hybridized carbons (Fsp3) is 0.308. The van der Waals surface area contributed by atoms with Crippen LogP contribution in [0.25, 0.3) is 5.69 Å². The molecule has 0 radical (unpaired) electrons. The summed E-state index contributed by atoms with van der Waals surface area (Å²) >= 11 is 12.1. The molecular formula is C13H13Cl2N3. The highest BCUT2D eigenvalue weighted by atomic mass is 35.5. The zero-order valence-corrected chi connectivity index (χ0v) is 11.5. The Morgan fingerprint density at radius 1 is 1.28 bits per heavy atom. The Balaban J connectivity index is 2.17. The standard InChI is InChI=1S/C13H13Cl2N3/c1-2-12-11-3-4-16-13(11)18(17-12)10-6-8(14)5-9(15)7-10/h5-7,16H,2-4H2,1H3. The molecule has 0 atom stereocenters. The molecule has 1 aliphatic rings. The van der Waals surface area contributed by atoms with Crippen molar-refractivity contribution in [1.29, 1.82) is 0 Å². The molecule has 0 aliphatic carbocycles. The quantitative estimate of drug-likeness (QED) is 0.910. The molecule has 2 aromatic rings. The molecule has 1 aromatic carbocycles. The summed E-state index contributed by atoms with van der Waals surface area (Å²) in [6.45, 7) is 3.09. The van der Waals surface area contributed by atoms with E-state index in [0.29, 0.717) is 10.0 Å². The molecule has 5 heteroatoms. The minimum Gasteiger partial charge on any atom is -0.369 e. The van der Waals surface area contributed by atoms with E-state index >= 15 is 0 Å². The second-order valence-corrected chi connectivity index (χ2v) is 5.22. The van der Waals surface area contributed by atoms with Crippen molar-refractivity contribution in [3.8, 4) is 5.69 Å². The van der Waals surface area contributed by atoms with Gasteiger partial charge in [0.05, 0.1) is 11.4 Å². The topological polar surface area (TPSA) is 29.9 Å². The maximum absolute atomic E-state index is 6.05. The predicted octanol–water partition coefficient (Wildman–Crippen LogP) is 3.71. The molecule has 3 rings (SSSR count). The maximum Gasteiger partial charge on any atom is 0.133 e. The number of rotatable bonds is 2. The number of aromatic nitrogens is 2. The number of nitrogens with one attached hydrogen (secondary N) is 1. The number of hydrogen-bond acceptors (Lipinski definition) is 2. The molecule has 1 aromatic heterocycles. The van der Waals surface area contributed by atoms with Crippen LogP contribution >= 0.6 is 23.2 Å². The van der Waals surface area contributed by atoms with Crippen molar-refractivity contribution in [1.82, 2.24) is 9.78 Å². The van der Waals surface area contributed by atoms with Crippen LogP contribution in [0.1, 0.15) is 18.2 Å². The predicted molar refractivity (Wildman–Crippen MR) is 75.2 cm³/mol. The first-order chi connectivity index (χ1) is 8.69. The number of anilines is 1. The SMILES string of the molecule is CCc1nn(-c2cc(Cl)cc(Cl)c2)c2c1CCN2. The molecule has 0 fully saturated rings. The molecule has 0 spiro atoms. The molecule has 0 saturated carbocycles. The van der Waals surface area contributed by atoms with Gasteiger partial charge in [0, 0.05) is 22.2 Å². The second-order valence-electron chi connectivity index (χ2n) is 4.34. The minimum atomic E-state index is 0.623. The van der Waals surface area contributed by atoms with E-state index in [1.807, 2.05) is 16.8 Å². The number of benzene rings is 1. The highest BCUT2D eigenvalue weighted by Crippen LogP contribution is 2.30. The van der Waals surface area contributed by atoms with E-state index in [9.17, 15) is 0 Å². The lowest BCUT2D eigenvalue weighted by Crippen LogP contribution is -2.04. The summed E-state index contributed by atoms with van der Waals surface area (Å²) in [6.07, 6.45) is 1.97. The summed E-state index contributed by atoms with van der Waals surface area (Å²) in [6, 6.07) is 5.48. The summed E-state index contributed by atoms with van der Waals surface area (Å²) in [5.41, 5.74) is 3.36. The van der Waals surface area contributed by atoms with E-state index in [2.05, 4.69) is 17.3 Å². The summed E-state index contributed by atoms with van der Waals surface area (Å²) in [5.74, 6) is 1.07. The fourth-order valence-corrected chi connectivity index (χ4v) is 2.89. The maximum atomic E-state index is 6.05. The van der Waals surface area contributed by atoms with Crippen LogP contribution in [0, 0.1) is 0 Å². The average Bonchev–Trinajstić information content (AvgIpc) is 2.87. The highest BCUT2D eigenvalue weighted by Gasteiger charge is 2.22. The van der Waals surface area contributed by atoms with Crippen LogP contribution in [0.4, 0.5) is 5.82 Å². The van der Waals surface area contributed by atoms with Gasteiger partial charge in [0.15, 0.2) is 0 Å². The molecule has 1 aliphatic heterocycles. The van der Waals surface area contributed by atoms with Crippen molar-refractivity contribution in [2.45, 2.75) is 19.8 Å². The van der Waals surface area contributed by atoms with Crippen molar-refractivity contribution in [3.63, 3.8) is 0 Å². The third-order valence-electron chi connectivity index (χ3n) is 3.16. The van der Waals surface area contributed by atoms with Gasteiger partial charge >= 0.3 is 0 Å². The molecule has 0 bridgehead atoms. The second kappa shape index (κ2) is 4.48. The number of halogens is 2. The molecule has 18 heavy (non-hydrogen) atoms. The van der Waals surface area contributed by atoms with Gasteiger partial charge in [0.2, 0.25) is 0 Å². The van der Waals surface area contributed by atoms with Gasteiger partial charge in [-0.25, -0.2) is 4.68 Å². The van der Waals surface area contributed by atoms with Gasteiger partial charge in [-0.15, -0.1) is 0 Å². The number of fused-ring (bicyclic) bond motifs is 1. The molecular weight excluding hydrogens is 269 g/mol. The van der Waals surface area contributed by atoms with Crippen molar-refractivity contribution in [2.24, 2.45) is 0 Å². The molecule has 0 amide bonds. The van der Waals surface area contributed by atoms with E-state index in [4.69, 9.17) is 23.2 Å². The molecule has 3 nitrogen and oxygen atoms in total. The Labute approximate surface area is 116 Å². The van der Waals surface area contributed by atoms with E-state index in [0.717, 1.165) is 36.6 Å². The molecule has 0 saturated heterocycles. The van der Waals surface area contributed by atoms with Crippen molar-refractivity contribution in [2.75, 3.05) is 11.9 Å². The number of hydrogen-bond donors (Lipinski definition) is 1. The number of aryl methyl sites for hydroxylation is 1. The Bertz CT molecular complexity index is 584. The van der Waals surface area contributed by atoms with Crippen LogP contribution in [0.3, 0.4) is 0 Å². The first-order valence-corrected chi connectivity index (χ1v) is 6.75. The van der Waals surface area contributed by atoms with Crippen molar-refractivity contribution < 1.29 is 0 Å². The Morgan fingerprint density at radius 2 is 2.00 bits per heavy atom. The monoisotopic (exact) mass is 281 g/mol. The van der Waals surface area contributed by atoms with Crippen molar-refractivity contribution in [3.05, 3.63) is 39.5 Å². The van der Waals surface area contributed by atoms with Gasteiger partial charge in [-0.3, -0.25) is 0 Å². The number of nitrogens with zero attached hydrogens (tertiary/aromatic N) is 2. The molecule has 1 N–H and O–H groups in total. The summed E-state index contributed by atoms with van der Waals surface area (Å²) < 4.78 is 1.90. The van der Waals surface area contributed by atoms with Crippen LogP contribution in [0.15, 0.2) is 18.2 Å². The van der Waals surface area contributed by atoms with Crippen LogP contribution in [0.2, 0.25) is 10.0 Å². The molecule has 94 valence electrons. The third-order valence-corrected chi connectivity index (χ3v) is 3.60. The first kappa shape index (κ1) is 11.9. The fourth-order valence-electron chi connectivity index (χ4n) is 2.38. The van der Waals surface area contributed by atoms with Gasteiger partial charge in [0.25, 0.3) is 0 Å². The van der Waals surface area contributed by atoms with Gasteiger partial charge in [-0.1, -0.05) is 30.1 Å². The Kier molecular flexibility index (Phi) is 2.96. The van der Waals surface area contributed by atoms with Crippen molar-refractivity contribution >= 4 is 29.0 Å². The van der Waals surface area contributed by atoms with Gasteiger partial charge < -0.3 is 5.32 Å². The Morgan fingerprint density at radius 3 is 2.67 bits per heavy atom. The highest BCUT2D eigenvalue weighted by molar-refractivity contribution is 6.34. The van der Waals surface area contributed by atoms with Crippen LogP contribution in [0.5, 0.6) is 0 Å². The Hall–Kier alpha value is -1.19. The van der Waals surface area contributed by atoms with E-state index < -0.39 is 0 Å². The smallest absolute Gasteiger partial charge is 0.133 e. The van der Waals surface area contributed by atoms with Gasteiger partial charge in [-0.2, -0.15) is 5.10 Å². The lowest BCUT2D eigenvalue weighted by Gasteiger charge is -2.07. The van der Waals surface area contributed by atoms with Gasteiger partial charge in [-0.05, 0) is 31.0 Å². The molecule has 0 unspecified atom stereocenters. The molecule has 2 heterocycles. The first-order valence-electron chi connectivity index (χ1n) is 6.00. The van der Waals surface area contributed by atoms with E-state index in [1.54, 1.807) is 6.07 Å². The normalized spacial score (nSPS) is 13.5. The van der Waals surface area contributed by atoms with Crippen LogP contribution < -0.4 is 5.32 Å². The summed E-state index contributed by atoms with van der Waals surface area (Å²) in [4.78, 5) is 0. The lowest BCUT2D eigenvalue weighted by atomic mass is 10.2. The van der Waals surface area contributed by atoms with E-state index in [-0.39, 0.29) is 0 Å². The van der Waals surface area contributed by atoms with Crippen LogP contribution in [-0.2, 0) is 12.8 Å². The average molecular weight is 282 g/mol. The minimum absolute atomic E-state index is 0.623.